The molecule has 0 spiro atoms. The Hall–Kier alpha value is -1.85. The summed E-state index contributed by atoms with van der Waals surface area (Å²) in [5.41, 5.74) is 2.22. The molecule has 1 saturated heterocycles. The quantitative estimate of drug-likeness (QED) is 0.861. The Kier molecular flexibility index (Phi) is 4.54. The van der Waals surface area contributed by atoms with Gasteiger partial charge in [0, 0.05) is 17.4 Å². The van der Waals surface area contributed by atoms with Gasteiger partial charge in [-0.15, -0.1) is 0 Å². The van der Waals surface area contributed by atoms with Crippen molar-refractivity contribution in [3.8, 4) is 11.5 Å². The molecule has 0 aliphatic carbocycles. The van der Waals surface area contributed by atoms with Crippen molar-refractivity contribution >= 4 is 10.9 Å². The van der Waals surface area contributed by atoms with Crippen molar-refractivity contribution in [2.24, 2.45) is 5.92 Å². The highest BCUT2D eigenvalue weighted by molar-refractivity contribution is 5.85. The zero-order valence-electron chi connectivity index (χ0n) is 14.0. The summed E-state index contributed by atoms with van der Waals surface area (Å²) in [5.74, 6) is 2.28. The van der Waals surface area contributed by atoms with Gasteiger partial charge in [-0.25, -0.2) is 0 Å². The molecule has 3 heterocycles. The molecule has 0 bridgehead atoms. The van der Waals surface area contributed by atoms with Gasteiger partial charge in [0.2, 0.25) is 0 Å². The van der Waals surface area contributed by atoms with Crippen molar-refractivity contribution < 1.29 is 18.9 Å². The number of hydrogen-bond acceptors (Lipinski definition) is 5. The number of hydrogen-bond donors (Lipinski definition) is 0. The van der Waals surface area contributed by atoms with Crippen LogP contribution in [0.1, 0.15) is 25.3 Å². The van der Waals surface area contributed by atoms with Crippen LogP contribution in [0.5, 0.6) is 11.5 Å². The van der Waals surface area contributed by atoms with E-state index in [0.717, 1.165) is 61.5 Å². The van der Waals surface area contributed by atoms with Crippen LogP contribution in [0.2, 0.25) is 0 Å². The van der Waals surface area contributed by atoms with E-state index in [1.54, 1.807) is 0 Å². The third-order valence-corrected chi connectivity index (χ3v) is 4.51. The molecule has 1 aromatic carbocycles. The third kappa shape index (κ3) is 3.32. The lowest BCUT2D eigenvalue weighted by atomic mass is 9.95. The van der Waals surface area contributed by atoms with Gasteiger partial charge in [-0.3, -0.25) is 4.98 Å². The van der Waals surface area contributed by atoms with E-state index >= 15 is 0 Å². The molecule has 0 amide bonds. The zero-order valence-corrected chi connectivity index (χ0v) is 14.0. The molecule has 24 heavy (non-hydrogen) atoms. The maximum Gasteiger partial charge on any atom is 0.160 e. The second-order valence-electron chi connectivity index (χ2n) is 6.56. The number of benzene rings is 1. The second kappa shape index (κ2) is 6.95. The molecule has 1 atom stereocenters. The number of ether oxygens (including phenoxy) is 4. The van der Waals surface area contributed by atoms with Gasteiger partial charge in [0.05, 0.1) is 38.1 Å². The predicted molar refractivity (Wildman–Crippen MR) is 90.5 cm³/mol. The van der Waals surface area contributed by atoms with Crippen LogP contribution in [0.25, 0.3) is 10.9 Å². The summed E-state index contributed by atoms with van der Waals surface area (Å²) in [4.78, 5) is 4.49. The highest BCUT2D eigenvalue weighted by Gasteiger charge is 2.20. The Morgan fingerprint density at radius 3 is 3.00 bits per heavy atom. The first-order chi connectivity index (χ1) is 11.8. The molecule has 1 fully saturated rings. The van der Waals surface area contributed by atoms with Gasteiger partial charge in [-0.2, -0.15) is 0 Å². The minimum Gasteiger partial charge on any atom is -0.493 e. The molecule has 1 aromatic heterocycles. The molecule has 0 N–H and O–H groups in total. The maximum atomic E-state index is 5.91. The summed E-state index contributed by atoms with van der Waals surface area (Å²) < 4.78 is 22.8. The lowest BCUT2D eigenvalue weighted by molar-refractivity contribution is -0.183. The lowest BCUT2D eigenvalue weighted by Crippen LogP contribution is -2.26. The first-order valence-electron chi connectivity index (χ1n) is 8.70. The summed E-state index contributed by atoms with van der Waals surface area (Å²) in [5, 5.41) is 1.13. The van der Waals surface area contributed by atoms with Gasteiger partial charge in [0.25, 0.3) is 0 Å². The molecule has 1 unspecified atom stereocenters. The lowest BCUT2D eigenvalue weighted by Gasteiger charge is -2.24. The molecular formula is C19H23NO4. The van der Waals surface area contributed by atoms with Crippen molar-refractivity contribution in [3.05, 3.63) is 30.0 Å². The first kappa shape index (κ1) is 15.7. The normalized spacial score (nSPS) is 21.3. The van der Waals surface area contributed by atoms with E-state index in [-0.39, 0.29) is 6.29 Å². The average molecular weight is 329 g/mol. The van der Waals surface area contributed by atoms with Crippen molar-refractivity contribution in [1.82, 2.24) is 4.98 Å². The number of rotatable bonds is 4. The van der Waals surface area contributed by atoms with E-state index in [4.69, 9.17) is 18.9 Å². The van der Waals surface area contributed by atoms with Gasteiger partial charge in [-0.1, -0.05) is 6.92 Å². The molecule has 2 aliphatic heterocycles. The summed E-state index contributed by atoms with van der Waals surface area (Å²) in [6, 6.07) is 6.06. The number of pyridine rings is 1. The largest absolute Gasteiger partial charge is 0.493 e. The second-order valence-corrected chi connectivity index (χ2v) is 6.56. The van der Waals surface area contributed by atoms with Gasteiger partial charge in [-0.05, 0) is 37.0 Å². The fraction of sp³-hybridized carbons (Fsp3) is 0.526. The smallest absolute Gasteiger partial charge is 0.160 e. The van der Waals surface area contributed by atoms with Crippen LogP contribution in [0.15, 0.2) is 24.4 Å². The van der Waals surface area contributed by atoms with Crippen LogP contribution in [0.4, 0.5) is 0 Å². The van der Waals surface area contributed by atoms with Crippen molar-refractivity contribution in [1.29, 1.82) is 0 Å². The summed E-state index contributed by atoms with van der Waals surface area (Å²) in [7, 11) is 0. The fourth-order valence-corrected chi connectivity index (χ4v) is 3.25. The monoisotopic (exact) mass is 329 g/mol. The average Bonchev–Trinajstić information content (AvgIpc) is 2.62. The topological polar surface area (TPSA) is 49.8 Å². The highest BCUT2D eigenvalue weighted by atomic mass is 16.7. The van der Waals surface area contributed by atoms with E-state index in [9.17, 15) is 0 Å². The highest BCUT2D eigenvalue weighted by Crippen LogP contribution is 2.34. The molecule has 128 valence electrons. The Morgan fingerprint density at radius 2 is 2.12 bits per heavy atom. The maximum absolute atomic E-state index is 5.91. The van der Waals surface area contributed by atoms with Crippen LogP contribution >= 0.6 is 0 Å². The van der Waals surface area contributed by atoms with Gasteiger partial charge in [0.1, 0.15) is 11.5 Å². The Bertz CT molecular complexity index is 712. The van der Waals surface area contributed by atoms with E-state index in [0.29, 0.717) is 12.5 Å². The minimum atomic E-state index is -0.136. The van der Waals surface area contributed by atoms with Crippen LogP contribution in [-0.4, -0.2) is 37.7 Å². The standard InChI is InChI=1S/C19H23NO4/c1-13-9-16-15-10-14(21-8-5-19-22-6-2-7-23-19)3-4-17(15)20-11-18(16)24-12-13/h3-4,10-11,13,19H,2,5-9,12H2,1H3. The van der Waals surface area contributed by atoms with Crippen LogP contribution in [-0.2, 0) is 15.9 Å². The zero-order chi connectivity index (χ0) is 16.4. The first-order valence-corrected chi connectivity index (χ1v) is 8.70. The molecule has 5 nitrogen and oxygen atoms in total. The minimum absolute atomic E-state index is 0.136. The van der Waals surface area contributed by atoms with E-state index in [2.05, 4.69) is 18.0 Å². The Morgan fingerprint density at radius 1 is 1.25 bits per heavy atom. The number of fused-ring (bicyclic) bond motifs is 3. The molecule has 4 rings (SSSR count). The third-order valence-electron chi connectivity index (χ3n) is 4.51. The summed E-state index contributed by atoms with van der Waals surface area (Å²) in [6.45, 7) is 5.09. The number of aromatic nitrogens is 1. The summed E-state index contributed by atoms with van der Waals surface area (Å²) in [6.07, 6.45) is 4.43. The van der Waals surface area contributed by atoms with Crippen LogP contribution < -0.4 is 9.47 Å². The van der Waals surface area contributed by atoms with Crippen LogP contribution in [0.3, 0.4) is 0 Å². The molecular weight excluding hydrogens is 306 g/mol. The van der Waals surface area contributed by atoms with Crippen molar-refractivity contribution in [2.75, 3.05) is 26.4 Å². The predicted octanol–water partition coefficient (Wildman–Crippen LogP) is 3.34. The van der Waals surface area contributed by atoms with Crippen molar-refractivity contribution in [3.63, 3.8) is 0 Å². The van der Waals surface area contributed by atoms with Crippen LogP contribution in [0, 0.1) is 5.92 Å². The molecule has 2 aliphatic rings. The Balaban J connectivity index is 1.48. The fourth-order valence-electron chi connectivity index (χ4n) is 3.25. The molecule has 2 aromatic rings. The number of nitrogens with zero attached hydrogens (tertiary/aromatic N) is 1. The SMILES string of the molecule is CC1COc2cnc3ccc(OCCC4OCCCO4)cc3c2C1. The summed E-state index contributed by atoms with van der Waals surface area (Å²) >= 11 is 0. The van der Waals surface area contributed by atoms with E-state index in [1.807, 2.05) is 18.3 Å². The molecule has 0 saturated carbocycles. The van der Waals surface area contributed by atoms with E-state index < -0.39 is 0 Å². The van der Waals surface area contributed by atoms with Gasteiger partial charge in [0.15, 0.2) is 6.29 Å². The Labute approximate surface area is 141 Å². The molecule has 5 heteroatoms. The van der Waals surface area contributed by atoms with Gasteiger partial charge >= 0.3 is 0 Å². The molecule has 0 radical (unpaired) electrons. The van der Waals surface area contributed by atoms with Crippen molar-refractivity contribution in [2.45, 2.75) is 32.5 Å². The van der Waals surface area contributed by atoms with E-state index in [1.165, 1.54) is 5.56 Å². The van der Waals surface area contributed by atoms with Gasteiger partial charge < -0.3 is 18.9 Å².